The van der Waals surface area contributed by atoms with Gasteiger partial charge < -0.3 is 9.47 Å². The summed E-state index contributed by atoms with van der Waals surface area (Å²) in [6.45, 7) is 9.27. The molecule has 0 N–H and O–H groups in total. The van der Waals surface area contributed by atoms with Crippen LogP contribution in [0.25, 0.3) is 0 Å². The highest BCUT2D eigenvalue weighted by molar-refractivity contribution is 5.39. The monoisotopic (exact) mass is 234 g/mol. The number of ether oxygens (including phenoxy) is 2. The summed E-state index contributed by atoms with van der Waals surface area (Å²) in [5.74, 6) is 1.52. The number of hydrogen-bond acceptors (Lipinski definition) is 2. The summed E-state index contributed by atoms with van der Waals surface area (Å²) in [6, 6.07) is 6.43. The van der Waals surface area contributed by atoms with E-state index in [0.717, 1.165) is 18.8 Å². The zero-order valence-corrected chi connectivity index (χ0v) is 11.2. The molecule has 0 bridgehead atoms. The van der Waals surface area contributed by atoms with Crippen molar-refractivity contribution in [3.05, 3.63) is 29.3 Å². The van der Waals surface area contributed by atoms with Crippen LogP contribution in [-0.4, -0.2) is 18.8 Å². The van der Waals surface area contributed by atoms with E-state index in [4.69, 9.17) is 9.47 Å². The Bertz CT molecular complexity index is 387. The van der Waals surface area contributed by atoms with E-state index >= 15 is 0 Å². The minimum absolute atomic E-state index is 0.442. The minimum atomic E-state index is 0.442. The molecule has 0 saturated carbocycles. The van der Waals surface area contributed by atoms with Crippen molar-refractivity contribution in [2.45, 2.75) is 52.2 Å². The van der Waals surface area contributed by atoms with Crippen molar-refractivity contribution < 1.29 is 9.47 Å². The molecule has 2 nitrogen and oxygen atoms in total. The molecule has 17 heavy (non-hydrogen) atoms. The predicted molar refractivity (Wildman–Crippen MR) is 69.7 cm³/mol. The quantitative estimate of drug-likeness (QED) is 0.725. The second kappa shape index (κ2) is 5.09. The van der Waals surface area contributed by atoms with Crippen molar-refractivity contribution in [3.8, 4) is 5.75 Å². The number of aryl methyl sites for hydroxylation is 1. The molecule has 1 saturated heterocycles. The van der Waals surface area contributed by atoms with Gasteiger partial charge >= 0.3 is 0 Å². The van der Waals surface area contributed by atoms with E-state index in [1.165, 1.54) is 11.1 Å². The van der Waals surface area contributed by atoms with Crippen LogP contribution in [0.5, 0.6) is 5.75 Å². The Labute approximate surface area is 104 Å². The van der Waals surface area contributed by atoms with Crippen molar-refractivity contribution >= 4 is 0 Å². The van der Waals surface area contributed by atoms with Crippen molar-refractivity contribution in [1.29, 1.82) is 0 Å². The molecule has 0 aromatic heterocycles. The molecule has 1 aliphatic heterocycles. The maximum atomic E-state index is 5.70. The summed E-state index contributed by atoms with van der Waals surface area (Å²) in [5.41, 5.74) is 2.61. The van der Waals surface area contributed by atoms with Crippen LogP contribution in [0.3, 0.4) is 0 Å². The number of rotatable bonds is 5. The lowest BCUT2D eigenvalue weighted by atomic mass is 9.93. The number of benzene rings is 1. The van der Waals surface area contributed by atoms with E-state index in [1.54, 1.807) is 0 Å². The van der Waals surface area contributed by atoms with Crippen LogP contribution in [0.4, 0.5) is 0 Å². The van der Waals surface area contributed by atoms with Gasteiger partial charge in [-0.2, -0.15) is 0 Å². The number of epoxide rings is 1. The van der Waals surface area contributed by atoms with Gasteiger partial charge in [-0.1, -0.05) is 24.6 Å². The van der Waals surface area contributed by atoms with E-state index in [1.807, 2.05) is 6.92 Å². The molecule has 3 unspecified atom stereocenters. The van der Waals surface area contributed by atoms with Gasteiger partial charge in [0.25, 0.3) is 0 Å². The van der Waals surface area contributed by atoms with Crippen LogP contribution in [0.15, 0.2) is 18.2 Å². The maximum Gasteiger partial charge on any atom is 0.122 e. The first-order valence-electron chi connectivity index (χ1n) is 6.50. The molecule has 0 aliphatic carbocycles. The molecule has 0 spiro atoms. The molecule has 94 valence electrons. The summed E-state index contributed by atoms with van der Waals surface area (Å²) in [6.07, 6.45) is 1.97. The van der Waals surface area contributed by atoms with Gasteiger partial charge in [-0.3, -0.25) is 0 Å². The Hall–Kier alpha value is -1.02. The molecule has 2 heteroatoms. The fourth-order valence-corrected chi connectivity index (χ4v) is 2.29. The van der Waals surface area contributed by atoms with Crippen molar-refractivity contribution in [1.82, 2.24) is 0 Å². The normalized spacial score (nSPS) is 24.5. The van der Waals surface area contributed by atoms with Crippen molar-refractivity contribution in [2.75, 3.05) is 6.61 Å². The fourth-order valence-electron chi connectivity index (χ4n) is 2.29. The lowest BCUT2D eigenvalue weighted by Crippen LogP contribution is -2.04. The molecule has 1 aromatic rings. The van der Waals surface area contributed by atoms with Crippen molar-refractivity contribution in [2.24, 2.45) is 0 Å². The lowest BCUT2D eigenvalue weighted by Gasteiger charge is -2.16. The molecule has 1 aromatic carbocycles. The van der Waals surface area contributed by atoms with Gasteiger partial charge in [0.1, 0.15) is 5.75 Å². The Morgan fingerprint density at radius 2 is 2.12 bits per heavy atom. The first kappa shape index (κ1) is 12.4. The average molecular weight is 234 g/mol. The van der Waals surface area contributed by atoms with Crippen LogP contribution in [0.1, 0.15) is 44.2 Å². The summed E-state index contributed by atoms with van der Waals surface area (Å²) in [4.78, 5) is 0. The first-order chi connectivity index (χ1) is 8.11. The van der Waals surface area contributed by atoms with Gasteiger partial charge in [0, 0.05) is 0 Å². The van der Waals surface area contributed by atoms with Crippen LogP contribution >= 0.6 is 0 Å². The molecule has 2 rings (SSSR count). The van der Waals surface area contributed by atoms with E-state index in [-0.39, 0.29) is 0 Å². The molecule has 1 heterocycles. The molecule has 3 atom stereocenters. The fraction of sp³-hybridized carbons (Fsp3) is 0.600. The van der Waals surface area contributed by atoms with Gasteiger partial charge in [-0.25, -0.2) is 0 Å². The van der Waals surface area contributed by atoms with E-state index in [0.29, 0.717) is 18.1 Å². The van der Waals surface area contributed by atoms with E-state index < -0.39 is 0 Å². The molecular weight excluding hydrogens is 212 g/mol. The Morgan fingerprint density at radius 3 is 2.71 bits per heavy atom. The van der Waals surface area contributed by atoms with Gasteiger partial charge in [0.05, 0.1) is 18.8 Å². The Kier molecular flexibility index (Phi) is 3.72. The second-order valence-corrected chi connectivity index (χ2v) is 4.99. The maximum absolute atomic E-state index is 5.70. The van der Waals surface area contributed by atoms with Crippen molar-refractivity contribution in [3.63, 3.8) is 0 Å². The van der Waals surface area contributed by atoms with Gasteiger partial charge in [0.2, 0.25) is 0 Å². The topological polar surface area (TPSA) is 21.8 Å². The summed E-state index contributed by atoms with van der Waals surface area (Å²) < 4.78 is 11.2. The highest BCUT2D eigenvalue weighted by atomic mass is 16.6. The smallest absolute Gasteiger partial charge is 0.122 e. The van der Waals surface area contributed by atoms with Crippen LogP contribution in [-0.2, 0) is 4.74 Å². The Morgan fingerprint density at radius 1 is 1.41 bits per heavy atom. The second-order valence-electron chi connectivity index (χ2n) is 4.99. The van der Waals surface area contributed by atoms with Crippen LogP contribution in [0.2, 0.25) is 0 Å². The third kappa shape index (κ3) is 3.01. The molecule has 0 amide bonds. The van der Waals surface area contributed by atoms with Gasteiger partial charge in [-0.05, 0) is 44.7 Å². The zero-order chi connectivity index (χ0) is 12.4. The lowest BCUT2D eigenvalue weighted by molar-refractivity contribution is 0.330. The highest BCUT2D eigenvalue weighted by Gasteiger charge is 2.35. The summed E-state index contributed by atoms with van der Waals surface area (Å²) in [5, 5.41) is 0. The zero-order valence-electron chi connectivity index (χ0n) is 11.2. The molecule has 1 fully saturated rings. The largest absolute Gasteiger partial charge is 0.494 e. The third-order valence-electron chi connectivity index (χ3n) is 3.42. The Balaban J connectivity index is 2.13. The predicted octanol–water partition coefficient (Wildman–Crippen LogP) is 3.67. The van der Waals surface area contributed by atoms with Crippen LogP contribution in [0, 0.1) is 6.92 Å². The first-order valence-corrected chi connectivity index (χ1v) is 6.50. The average Bonchev–Trinajstić information content (AvgIpc) is 2.97. The van der Waals surface area contributed by atoms with E-state index in [2.05, 4.69) is 39.0 Å². The van der Waals surface area contributed by atoms with Gasteiger partial charge in [0.15, 0.2) is 0 Å². The summed E-state index contributed by atoms with van der Waals surface area (Å²) >= 11 is 0. The van der Waals surface area contributed by atoms with E-state index in [9.17, 15) is 0 Å². The summed E-state index contributed by atoms with van der Waals surface area (Å²) in [7, 11) is 0. The van der Waals surface area contributed by atoms with Gasteiger partial charge in [-0.15, -0.1) is 0 Å². The molecule has 0 radical (unpaired) electrons. The number of hydrogen-bond donors (Lipinski definition) is 0. The molecular formula is C15H22O2. The standard InChI is InChI=1S/C15H22O2/c1-5-16-14-7-6-10(2)8-13(14)11(3)9-15-12(4)17-15/h6-8,11-12,15H,5,9H2,1-4H3. The third-order valence-corrected chi connectivity index (χ3v) is 3.42. The minimum Gasteiger partial charge on any atom is -0.494 e. The SMILES string of the molecule is CCOc1ccc(C)cc1C(C)CC1OC1C. The van der Waals surface area contributed by atoms with Crippen LogP contribution < -0.4 is 4.74 Å². The molecule has 1 aliphatic rings. The highest BCUT2D eigenvalue weighted by Crippen LogP contribution is 2.36.